The Morgan fingerprint density at radius 3 is 2.73 bits per heavy atom. The van der Waals surface area contributed by atoms with Crippen molar-refractivity contribution in [3.05, 3.63) is 46.1 Å². The molecule has 0 spiro atoms. The molecule has 0 aliphatic heterocycles. The number of hydrogen-bond acceptors (Lipinski definition) is 6. The molecule has 1 amide bonds. The summed E-state index contributed by atoms with van der Waals surface area (Å²) in [5.74, 6) is 0.843. The first-order valence-electron chi connectivity index (χ1n) is 10.3. The monoisotopic (exact) mass is 443 g/mol. The molecule has 0 saturated heterocycles. The molecule has 6 nitrogen and oxygen atoms in total. The number of nitrogens with one attached hydrogen (secondary N) is 1. The van der Waals surface area contributed by atoms with Crippen LogP contribution in [0.4, 0.5) is 5.69 Å². The lowest BCUT2D eigenvalue weighted by atomic mass is 9.95. The van der Waals surface area contributed by atoms with Gasteiger partial charge in [0.15, 0.2) is 5.16 Å². The molecule has 0 atom stereocenters. The average Bonchev–Trinajstić information content (AvgIpc) is 3.24. The number of amides is 1. The topological polar surface area (TPSA) is 73.2 Å². The predicted molar refractivity (Wildman–Crippen MR) is 123 cm³/mol. The van der Waals surface area contributed by atoms with Crippen LogP contribution < -0.4 is 15.6 Å². The minimum Gasteiger partial charge on any atom is -0.494 e. The molecule has 2 heterocycles. The van der Waals surface area contributed by atoms with E-state index in [9.17, 15) is 9.59 Å². The first-order valence-corrected chi connectivity index (χ1v) is 12.2. The number of aromatic nitrogens is 2. The standard InChI is InChI=1S/C22H25N3O3S2/c1-2-28-17-10-8-15(9-11-17)23-19(26)14-30-22-24-18-12-13-29-20(18)21(27)25(22)16-6-4-3-5-7-16/h8-13,16H,2-7,14H2,1H3,(H,23,26). The van der Waals surface area contributed by atoms with Crippen LogP contribution in [0.3, 0.4) is 0 Å². The normalized spacial score (nSPS) is 14.7. The Morgan fingerprint density at radius 2 is 2.00 bits per heavy atom. The van der Waals surface area contributed by atoms with Crippen LogP contribution >= 0.6 is 23.1 Å². The molecule has 4 rings (SSSR count). The highest BCUT2D eigenvalue weighted by Gasteiger charge is 2.22. The van der Waals surface area contributed by atoms with E-state index in [2.05, 4.69) is 5.32 Å². The third-order valence-electron chi connectivity index (χ3n) is 5.20. The molecule has 1 saturated carbocycles. The summed E-state index contributed by atoms with van der Waals surface area (Å²) in [5, 5.41) is 5.44. The Kier molecular flexibility index (Phi) is 6.74. The number of benzene rings is 1. The van der Waals surface area contributed by atoms with E-state index in [1.165, 1.54) is 29.5 Å². The third-order valence-corrected chi connectivity index (χ3v) is 7.05. The van der Waals surface area contributed by atoms with Gasteiger partial charge in [-0.25, -0.2) is 4.98 Å². The zero-order valence-corrected chi connectivity index (χ0v) is 18.6. The van der Waals surface area contributed by atoms with Crippen molar-refractivity contribution in [1.29, 1.82) is 0 Å². The number of rotatable bonds is 7. The van der Waals surface area contributed by atoms with E-state index in [1.807, 2.05) is 47.2 Å². The molecule has 1 N–H and O–H groups in total. The van der Waals surface area contributed by atoms with Gasteiger partial charge in [0.2, 0.25) is 5.91 Å². The molecule has 158 valence electrons. The lowest BCUT2D eigenvalue weighted by Gasteiger charge is -2.25. The van der Waals surface area contributed by atoms with Crippen LogP contribution in [0.5, 0.6) is 5.75 Å². The SMILES string of the molecule is CCOc1ccc(NC(=O)CSc2nc3ccsc3c(=O)n2C2CCCCC2)cc1. The van der Waals surface area contributed by atoms with Gasteiger partial charge in [0.05, 0.1) is 17.9 Å². The van der Waals surface area contributed by atoms with Crippen molar-refractivity contribution >= 4 is 44.9 Å². The molecule has 0 radical (unpaired) electrons. The molecule has 1 fully saturated rings. The van der Waals surface area contributed by atoms with Crippen LogP contribution in [0.1, 0.15) is 45.1 Å². The van der Waals surface area contributed by atoms with Crippen molar-refractivity contribution in [1.82, 2.24) is 9.55 Å². The molecule has 3 aromatic rings. The summed E-state index contributed by atoms with van der Waals surface area (Å²) >= 11 is 2.77. The summed E-state index contributed by atoms with van der Waals surface area (Å²) in [6, 6.07) is 9.35. The predicted octanol–water partition coefficient (Wildman–Crippen LogP) is 5.09. The largest absolute Gasteiger partial charge is 0.494 e. The Hall–Kier alpha value is -2.32. The zero-order valence-electron chi connectivity index (χ0n) is 16.9. The van der Waals surface area contributed by atoms with Gasteiger partial charge in [-0.15, -0.1) is 11.3 Å². The highest BCUT2D eigenvalue weighted by molar-refractivity contribution is 7.99. The maximum absolute atomic E-state index is 13.1. The van der Waals surface area contributed by atoms with Crippen molar-refractivity contribution in [2.75, 3.05) is 17.7 Å². The van der Waals surface area contributed by atoms with Crippen molar-refractivity contribution in [2.24, 2.45) is 0 Å². The average molecular weight is 444 g/mol. The summed E-state index contributed by atoms with van der Waals surface area (Å²) in [6.45, 7) is 2.54. The summed E-state index contributed by atoms with van der Waals surface area (Å²) in [6.07, 6.45) is 5.45. The van der Waals surface area contributed by atoms with E-state index in [-0.39, 0.29) is 23.3 Å². The van der Waals surface area contributed by atoms with Crippen LogP contribution in [0, 0.1) is 0 Å². The van der Waals surface area contributed by atoms with Crippen LogP contribution in [0.25, 0.3) is 10.2 Å². The Labute approximate surface area is 183 Å². The fourth-order valence-corrected chi connectivity index (χ4v) is 5.43. The van der Waals surface area contributed by atoms with Crippen molar-refractivity contribution in [3.8, 4) is 5.75 Å². The highest BCUT2D eigenvalue weighted by atomic mass is 32.2. The fraction of sp³-hybridized carbons (Fsp3) is 0.409. The second kappa shape index (κ2) is 9.66. The van der Waals surface area contributed by atoms with Gasteiger partial charge in [0.1, 0.15) is 10.4 Å². The fourth-order valence-electron chi connectivity index (χ4n) is 3.80. The van der Waals surface area contributed by atoms with Crippen LogP contribution in [-0.4, -0.2) is 27.8 Å². The summed E-state index contributed by atoms with van der Waals surface area (Å²) in [7, 11) is 0. The number of anilines is 1. The number of thioether (sulfide) groups is 1. The smallest absolute Gasteiger partial charge is 0.272 e. The van der Waals surface area contributed by atoms with E-state index < -0.39 is 0 Å². The van der Waals surface area contributed by atoms with Crippen molar-refractivity contribution < 1.29 is 9.53 Å². The van der Waals surface area contributed by atoms with Crippen LogP contribution in [-0.2, 0) is 4.79 Å². The van der Waals surface area contributed by atoms with Crippen LogP contribution in [0.2, 0.25) is 0 Å². The molecule has 1 aliphatic carbocycles. The minimum absolute atomic E-state index is 0.0244. The number of thiophene rings is 1. The summed E-state index contributed by atoms with van der Waals surface area (Å²) in [5.41, 5.74) is 1.46. The van der Waals surface area contributed by atoms with Gasteiger partial charge in [-0.3, -0.25) is 14.2 Å². The molecule has 1 aliphatic rings. The van der Waals surface area contributed by atoms with E-state index in [0.717, 1.165) is 37.1 Å². The van der Waals surface area contributed by atoms with E-state index in [4.69, 9.17) is 9.72 Å². The molecule has 0 bridgehead atoms. The van der Waals surface area contributed by atoms with Gasteiger partial charge in [-0.2, -0.15) is 0 Å². The maximum atomic E-state index is 13.1. The van der Waals surface area contributed by atoms with Crippen molar-refractivity contribution in [2.45, 2.75) is 50.2 Å². The second-order valence-electron chi connectivity index (χ2n) is 7.29. The minimum atomic E-state index is -0.126. The number of fused-ring (bicyclic) bond motifs is 1. The first-order chi connectivity index (χ1) is 14.7. The lowest BCUT2D eigenvalue weighted by Crippen LogP contribution is -2.29. The Balaban J connectivity index is 1.50. The van der Waals surface area contributed by atoms with Gasteiger partial charge < -0.3 is 10.1 Å². The van der Waals surface area contributed by atoms with Gasteiger partial charge in [0, 0.05) is 11.7 Å². The zero-order chi connectivity index (χ0) is 20.9. The van der Waals surface area contributed by atoms with E-state index in [0.29, 0.717) is 22.0 Å². The highest BCUT2D eigenvalue weighted by Crippen LogP contribution is 2.31. The van der Waals surface area contributed by atoms with Crippen molar-refractivity contribution in [3.63, 3.8) is 0 Å². The van der Waals surface area contributed by atoms with Gasteiger partial charge in [0.25, 0.3) is 5.56 Å². The molecule has 1 aromatic carbocycles. The molecular weight excluding hydrogens is 418 g/mol. The molecule has 2 aromatic heterocycles. The molecule has 8 heteroatoms. The second-order valence-corrected chi connectivity index (χ2v) is 9.15. The number of carbonyl (C=O) groups is 1. The summed E-state index contributed by atoms with van der Waals surface area (Å²) in [4.78, 5) is 30.4. The number of carbonyl (C=O) groups excluding carboxylic acids is 1. The van der Waals surface area contributed by atoms with Gasteiger partial charge >= 0.3 is 0 Å². The Bertz CT molecular complexity index is 1070. The Morgan fingerprint density at radius 1 is 1.23 bits per heavy atom. The van der Waals surface area contributed by atoms with Gasteiger partial charge in [-0.1, -0.05) is 31.0 Å². The molecule has 0 unspecified atom stereocenters. The molecule has 30 heavy (non-hydrogen) atoms. The number of nitrogens with zero attached hydrogens (tertiary/aromatic N) is 2. The maximum Gasteiger partial charge on any atom is 0.272 e. The number of ether oxygens (including phenoxy) is 1. The third kappa shape index (κ3) is 4.70. The van der Waals surface area contributed by atoms with E-state index in [1.54, 1.807) is 0 Å². The summed E-state index contributed by atoms with van der Waals surface area (Å²) < 4.78 is 7.96. The quantitative estimate of drug-likeness (QED) is 0.407. The first kappa shape index (κ1) is 20.9. The van der Waals surface area contributed by atoms with Crippen LogP contribution in [0.15, 0.2) is 45.7 Å². The lowest BCUT2D eigenvalue weighted by molar-refractivity contribution is -0.113. The number of hydrogen-bond donors (Lipinski definition) is 1. The van der Waals surface area contributed by atoms with E-state index >= 15 is 0 Å². The van der Waals surface area contributed by atoms with Gasteiger partial charge in [-0.05, 0) is 55.5 Å². The molecular formula is C22H25N3O3S2.